The van der Waals surface area contributed by atoms with E-state index >= 15 is 0 Å². The quantitative estimate of drug-likeness (QED) is 0.597. The molecule has 2 aliphatic rings. The molecule has 0 spiro atoms. The number of alkyl carbamates (subject to hydrolysis) is 1. The first-order chi connectivity index (χ1) is 14.2. The number of rotatable bonds is 5. The van der Waals surface area contributed by atoms with E-state index in [2.05, 4.69) is 57.7 Å². The van der Waals surface area contributed by atoms with Crippen LogP contribution in [0.5, 0.6) is 0 Å². The summed E-state index contributed by atoms with van der Waals surface area (Å²) in [5.41, 5.74) is 4.66. The topological polar surface area (TPSA) is 79.0 Å². The largest absolute Gasteiger partial charge is 0.446 e. The summed E-state index contributed by atoms with van der Waals surface area (Å²) in [7, 11) is -1.12. The Balaban J connectivity index is 1.42. The molecule has 1 fully saturated rings. The van der Waals surface area contributed by atoms with Gasteiger partial charge in [0.25, 0.3) is 0 Å². The number of benzene rings is 1. The molecule has 6 nitrogen and oxygen atoms in total. The van der Waals surface area contributed by atoms with Crippen molar-refractivity contribution in [2.24, 2.45) is 0 Å². The van der Waals surface area contributed by atoms with Crippen molar-refractivity contribution in [2.75, 3.05) is 11.1 Å². The molecule has 0 unspecified atom stereocenters. The van der Waals surface area contributed by atoms with Crippen molar-refractivity contribution < 1.29 is 9.53 Å². The van der Waals surface area contributed by atoms with Crippen molar-refractivity contribution >= 4 is 38.5 Å². The number of aryl methyl sites for hydroxylation is 1. The van der Waals surface area contributed by atoms with Crippen LogP contribution >= 0.6 is 9.21 Å². The standard InChI is InChI=1S/C23H32N4O2S/c1-14(2)24-23(28)29-19-8-6-17(13-19)21-15(3)22(27-26-21)25-18-7-9-20-16(12-18)10-11-30(20,4)5/h7,9,12,14,17,19H,4-6,8,10-11,13H2,1-3H3,(H,24,28)(H2,25,26,27)/t17-,19+/m0/s1. The summed E-state index contributed by atoms with van der Waals surface area (Å²) in [5.74, 6) is 10.9. The number of amides is 1. The fourth-order valence-electron chi connectivity index (χ4n) is 4.49. The minimum Gasteiger partial charge on any atom is -0.446 e. The van der Waals surface area contributed by atoms with Crippen LogP contribution in [0.2, 0.25) is 0 Å². The van der Waals surface area contributed by atoms with E-state index in [-0.39, 0.29) is 18.2 Å². The van der Waals surface area contributed by atoms with Crippen LogP contribution in [0.4, 0.5) is 16.3 Å². The first-order valence-electron chi connectivity index (χ1n) is 10.6. The van der Waals surface area contributed by atoms with Crippen molar-refractivity contribution in [2.45, 2.75) is 69.4 Å². The molecule has 30 heavy (non-hydrogen) atoms. The molecule has 2 aromatic rings. The SMILES string of the molecule is C=S1(=C)CCc2cc(Nc3n[nH]c([C@H]4CC[C@@H](OC(=O)NC(C)C)C4)c3C)ccc21. The van der Waals surface area contributed by atoms with Gasteiger partial charge in [0.2, 0.25) is 0 Å². The van der Waals surface area contributed by atoms with Gasteiger partial charge in [0, 0.05) is 28.9 Å². The van der Waals surface area contributed by atoms with Crippen molar-refractivity contribution in [3.63, 3.8) is 0 Å². The van der Waals surface area contributed by atoms with Crippen LogP contribution in [0.3, 0.4) is 0 Å². The Morgan fingerprint density at radius 1 is 1.33 bits per heavy atom. The van der Waals surface area contributed by atoms with E-state index in [9.17, 15) is 4.79 Å². The third-order valence-electron chi connectivity index (χ3n) is 6.07. The smallest absolute Gasteiger partial charge is 0.407 e. The zero-order valence-electron chi connectivity index (χ0n) is 18.1. The number of nitrogens with zero attached hydrogens (tertiary/aromatic N) is 1. The number of anilines is 2. The molecular formula is C23H32N4O2S. The molecule has 3 N–H and O–H groups in total. The highest BCUT2D eigenvalue weighted by Gasteiger charge is 2.31. The van der Waals surface area contributed by atoms with Crippen LogP contribution in [-0.2, 0) is 11.2 Å². The Hall–Kier alpha value is -2.41. The lowest BCUT2D eigenvalue weighted by Crippen LogP contribution is -2.33. The van der Waals surface area contributed by atoms with Gasteiger partial charge >= 0.3 is 6.09 Å². The Bertz CT molecular complexity index is 1060. The Morgan fingerprint density at radius 2 is 2.13 bits per heavy atom. The fourth-order valence-corrected chi connectivity index (χ4v) is 6.39. The number of hydrogen-bond acceptors (Lipinski definition) is 4. The minimum absolute atomic E-state index is 0.0438. The molecule has 2 heterocycles. The van der Waals surface area contributed by atoms with Crippen LogP contribution < -0.4 is 10.6 Å². The summed E-state index contributed by atoms with van der Waals surface area (Å²) in [5, 5.41) is 14.0. The number of carbonyl (C=O) groups is 1. The van der Waals surface area contributed by atoms with Crippen LogP contribution in [0, 0.1) is 6.92 Å². The summed E-state index contributed by atoms with van der Waals surface area (Å²) >= 11 is 0. The maximum atomic E-state index is 11.9. The highest BCUT2D eigenvalue weighted by Crippen LogP contribution is 2.43. The van der Waals surface area contributed by atoms with E-state index in [1.807, 2.05) is 13.8 Å². The van der Waals surface area contributed by atoms with Gasteiger partial charge in [0.1, 0.15) is 6.10 Å². The molecule has 1 aliphatic heterocycles. The van der Waals surface area contributed by atoms with Gasteiger partial charge in [-0.2, -0.15) is 14.3 Å². The third kappa shape index (κ3) is 4.21. The van der Waals surface area contributed by atoms with Gasteiger partial charge < -0.3 is 15.4 Å². The molecule has 0 saturated heterocycles. The van der Waals surface area contributed by atoms with Crippen molar-refractivity contribution in [3.8, 4) is 0 Å². The predicted octanol–water partition coefficient (Wildman–Crippen LogP) is 4.82. The van der Waals surface area contributed by atoms with Crippen LogP contribution in [-0.4, -0.2) is 45.9 Å². The predicted molar refractivity (Wildman–Crippen MR) is 127 cm³/mol. The van der Waals surface area contributed by atoms with Gasteiger partial charge in [-0.25, -0.2) is 4.79 Å². The number of nitrogens with one attached hydrogen (secondary N) is 3. The van der Waals surface area contributed by atoms with Gasteiger partial charge in [0.15, 0.2) is 5.82 Å². The van der Waals surface area contributed by atoms with Crippen molar-refractivity contribution in [3.05, 3.63) is 35.0 Å². The lowest BCUT2D eigenvalue weighted by molar-refractivity contribution is 0.0981. The number of H-pyrrole nitrogens is 1. The molecule has 1 saturated carbocycles. The second-order valence-corrected chi connectivity index (χ2v) is 11.8. The lowest BCUT2D eigenvalue weighted by atomic mass is 10.0. The zero-order valence-corrected chi connectivity index (χ0v) is 18.9. The van der Waals surface area contributed by atoms with Gasteiger partial charge in [-0.3, -0.25) is 5.10 Å². The number of fused-ring (bicyclic) bond motifs is 1. The molecule has 0 bridgehead atoms. The molecule has 1 aromatic heterocycles. The van der Waals surface area contributed by atoms with E-state index in [1.165, 1.54) is 10.5 Å². The van der Waals surface area contributed by atoms with E-state index in [4.69, 9.17) is 4.74 Å². The van der Waals surface area contributed by atoms with E-state index in [0.717, 1.165) is 54.2 Å². The molecule has 0 radical (unpaired) electrons. The number of ether oxygens (including phenoxy) is 1. The van der Waals surface area contributed by atoms with Crippen LogP contribution in [0.25, 0.3) is 0 Å². The maximum Gasteiger partial charge on any atom is 0.407 e. The lowest BCUT2D eigenvalue weighted by Gasteiger charge is -2.15. The summed E-state index contributed by atoms with van der Waals surface area (Å²) in [6.07, 6.45) is 3.36. The second kappa shape index (κ2) is 8.02. The minimum atomic E-state index is -1.12. The molecule has 7 heteroatoms. The van der Waals surface area contributed by atoms with Gasteiger partial charge in [0.05, 0.1) is 0 Å². The van der Waals surface area contributed by atoms with E-state index in [1.54, 1.807) is 0 Å². The Morgan fingerprint density at radius 3 is 2.90 bits per heavy atom. The molecular weight excluding hydrogens is 396 g/mol. The molecule has 2 atom stereocenters. The normalized spacial score (nSPS) is 22.1. The van der Waals surface area contributed by atoms with Crippen molar-refractivity contribution in [1.82, 2.24) is 15.5 Å². The highest BCUT2D eigenvalue weighted by atomic mass is 32.2. The summed E-state index contributed by atoms with van der Waals surface area (Å²) in [6, 6.07) is 6.56. The molecule has 1 aromatic carbocycles. The molecule has 1 amide bonds. The maximum absolute atomic E-state index is 11.9. The summed E-state index contributed by atoms with van der Waals surface area (Å²) in [4.78, 5) is 13.2. The van der Waals surface area contributed by atoms with Crippen LogP contribution in [0.1, 0.15) is 55.8 Å². The first-order valence-corrected chi connectivity index (χ1v) is 12.8. The Labute approximate surface area is 179 Å². The summed E-state index contributed by atoms with van der Waals surface area (Å²) < 4.78 is 5.57. The van der Waals surface area contributed by atoms with Gasteiger partial charge in [-0.05, 0) is 80.9 Å². The molecule has 162 valence electrons. The van der Waals surface area contributed by atoms with Gasteiger partial charge in [-0.1, -0.05) is 11.7 Å². The third-order valence-corrected chi connectivity index (χ3v) is 8.39. The second-order valence-electron chi connectivity index (χ2n) is 8.89. The summed E-state index contributed by atoms with van der Waals surface area (Å²) in [6.45, 7) is 5.95. The Kier molecular flexibility index (Phi) is 5.57. The number of carbonyl (C=O) groups excluding carboxylic acids is 1. The van der Waals surface area contributed by atoms with Crippen molar-refractivity contribution in [1.29, 1.82) is 0 Å². The highest BCUT2D eigenvalue weighted by molar-refractivity contribution is 8.28. The number of hydrogen-bond donors (Lipinski definition) is 3. The van der Waals surface area contributed by atoms with Gasteiger partial charge in [-0.15, -0.1) is 0 Å². The molecule has 4 rings (SSSR count). The average Bonchev–Trinajstić information content (AvgIpc) is 3.34. The zero-order chi connectivity index (χ0) is 21.5. The van der Waals surface area contributed by atoms with Crippen LogP contribution in [0.15, 0.2) is 23.1 Å². The monoisotopic (exact) mass is 428 g/mol. The number of aromatic nitrogens is 2. The first kappa shape index (κ1) is 20.8. The molecule has 1 aliphatic carbocycles. The number of aromatic amines is 1. The average molecular weight is 429 g/mol. The van der Waals surface area contributed by atoms with E-state index < -0.39 is 9.21 Å². The van der Waals surface area contributed by atoms with E-state index in [0.29, 0.717) is 5.92 Å². The fraction of sp³-hybridized carbons (Fsp3) is 0.478.